The topological polar surface area (TPSA) is 81.9 Å². The first kappa shape index (κ1) is 15.8. The van der Waals surface area contributed by atoms with Crippen molar-refractivity contribution >= 4 is 12.1 Å². The van der Waals surface area contributed by atoms with E-state index in [0.29, 0.717) is 19.6 Å². The van der Waals surface area contributed by atoms with Crippen LogP contribution < -0.4 is 5.73 Å². The molecule has 1 aliphatic rings. The molecule has 1 fully saturated rings. The van der Waals surface area contributed by atoms with Crippen molar-refractivity contribution in [1.82, 2.24) is 4.90 Å². The number of amides is 1. The normalized spacial score (nSPS) is 23.3. The number of esters is 1. The zero-order valence-electron chi connectivity index (χ0n) is 12.2. The van der Waals surface area contributed by atoms with E-state index in [9.17, 15) is 9.59 Å². The van der Waals surface area contributed by atoms with Gasteiger partial charge in [0.15, 0.2) is 0 Å². The first-order valence-corrected chi connectivity index (χ1v) is 6.59. The second-order valence-corrected chi connectivity index (χ2v) is 5.86. The standard InChI is InChI=1S/C13H24N2O4/c1-5-18-10(16)13(8-14)6-7-15(9-13)11(17)19-12(2,3)4/h5-9,14H2,1-4H3. The highest BCUT2D eigenvalue weighted by molar-refractivity contribution is 5.80. The van der Waals surface area contributed by atoms with Crippen LogP contribution in [0.3, 0.4) is 0 Å². The van der Waals surface area contributed by atoms with Crippen molar-refractivity contribution in [3.63, 3.8) is 0 Å². The van der Waals surface area contributed by atoms with Gasteiger partial charge in [-0.3, -0.25) is 4.79 Å². The molecule has 1 aliphatic heterocycles. The lowest BCUT2D eigenvalue weighted by molar-refractivity contribution is -0.154. The van der Waals surface area contributed by atoms with Crippen LogP contribution in [0.25, 0.3) is 0 Å². The van der Waals surface area contributed by atoms with Crippen LogP contribution in [0.5, 0.6) is 0 Å². The van der Waals surface area contributed by atoms with Crippen LogP contribution in [0.1, 0.15) is 34.1 Å². The Kier molecular flexibility index (Phi) is 4.79. The summed E-state index contributed by atoms with van der Waals surface area (Å²) in [6.07, 6.45) is 0.105. The van der Waals surface area contributed by atoms with Crippen molar-refractivity contribution in [1.29, 1.82) is 0 Å². The molecule has 110 valence electrons. The molecule has 0 aromatic rings. The molecule has 0 aromatic carbocycles. The second-order valence-electron chi connectivity index (χ2n) is 5.86. The molecule has 0 saturated carbocycles. The predicted molar refractivity (Wildman–Crippen MR) is 70.5 cm³/mol. The van der Waals surface area contributed by atoms with Crippen molar-refractivity contribution < 1.29 is 19.1 Å². The Morgan fingerprint density at radius 2 is 2.00 bits per heavy atom. The molecule has 0 bridgehead atoms. The van der Waals surface area contributed by atoms with E-state index in [0.717, 1.165) is 0 Å². The van der Waals surface area contributed by atoms with E-state index in [4.69, 9.17) is 15.2 Å². The van der Waals surface area contributed by atoms with Crippen molar-refractivity contribution in [3.8, 4) is 0 Å². The number of rotatable bonds is 3. The molecule has 0 spiro atoms. The molecule has 1 heterocycles. The molecule has 19 heavy (non-hydrogen) atoms. The van der Waals surface area contributed by atoms with E-state index >= 15 is 0 Å². The average molecular weight is 272 g/mol. The van der Waals surface area contributed by atoms with Gasteiger partial charge in [-0.2, -0.15) is 0 Å². The van der Waals surface area contributed by atoms with Gasteiger partial charge in [-0.1, -0.05) is 0 Å². The van der Waals surface area contributed by atoms with Gasteiger partial charge in [-0.25, -0.2) is 4.79 Å². The summed E-state index contributed by atoms with van der Waals surface area (Å²) in [6, 6.07) is 0. The fraction of sp³-hybridized carbons (Fsp3) is 0.846. The number of likely N-dealkylation sites (tertiary alicyclic amines) is 1. The molecule has 6 heteroatoms. The van der Waals surface area contributed by atoms with Crippen LogP contribution in [0, 0.1) is 5.41 Å². The van der Waals surface area contributed by atoms with Gasteiger partial charge in [0.25, 0.3) is 0 Å². The maximum absolute atomic E-state index is 12.0. The molecule has 1 atom stereocenters. The highest BCUT2D eigenvalue weighted by Crippen LogP contribution is 2.31. The predicted octanol–water partition coefficient (Wildman–Crippen LogP) is 1.14. The summed E-state index contributed by atoms with van der Waals surface area (Å²) in [5, 5.41) is 0. The minimum Gasteiger partial charge on any atom is -0.465 e. The summed E-state index contributed by atoms with van der Waals surface area (Å²) in [5.41, 5.74) is 4.38. The monoisotopic (exact) mass is 272 g/mol. The zero-order chi connectivity index (χ0) is 14.7. The number of nitrogens with two attached hydrogens (primary N) is 1. The highest BCUT2D eigenvalue weighted by atomic mass is 16.6. The van der Waals surface area contributed by atoms with Gasteiger partial charge in [0.05, 0.1) is 12.0 Å². The Labute approximate surface area is 114 Å². The van der Waals surface area contributed by atoms with Gasteiger partial charge in [0.2, 0.25) is 0 Å². The second kappa shape index (κ2) is 5.77. The molecule has 1 rings (SSSR count). The van der Waals surface area contributed by atoms with Crippen LogP contribution in [-0.2, 0) is 14.3 Å². The smallest absolute Gasteiger partial charge is 0.410 e. The lowest BCUT2D eigenvalue weighted by Gasteiger charge is -2.27. The van der Waals surface area contributed by atoms with E-state index in [-0.39, 0.29) is 19.1 Å². The summed E-state index contributed by atoms with van der Waals surface area (Å²) in [4.78, 5) is 25.4. The molecular weight excluding hydrogens is 248 g/mol. The SMILES string of the molecule is CCOC(=O)C1(CN)CCN(C(=O)OC(C)(C)C)C1. The molecule has 6 nitrogen and oxygen atoms in total. The summed E-state index contributed by atoms with van der Waals surface area (Å²) in [6.45, 7) is 8.39. The minimum absolute atomic E-state index is 0.172. The van der Waals surface area contributed by atoms with Gasteiger partial charge in [-0.05, 0) is 34.1 Å². The first-order chi connectivity index (χ1) is 8.74. The third-order valence-electron chi connectivity index (χ3n) is 3.10. The Morgan fingerprint density at radius 1 is 1.37 bits per heavy atom. The third kappa shape index (κ3) is 3.83. The van der Waals surface area contributed by atoms with E-state index < -0.39 is 17.1 Å². The summed E-state index contributed by atoms with van der Waals surface area (Å²) in [5.74, 6) is -0.330. The lowest BCUT2D eigenvalue weighted by atomic mass is 9.87. The van der Waals surface area contributed by atoms with E-state index in [2.05, 4.69) is 0 Å². The summed E-state index contributed by atoms with van der Waals surface area (Å²) in [7, 11) is 0. The Hall–Kier alpha value is -1.30. The van der Waals surface area contributed by atoms with Crippen LogP contribution in [0.2, 0.25) is 0 Å². The number of carbonyl (C=O) groups is 2. The molecule has 2 N–H and O–H groups in total. The minimum atomic E-state index is -0.785. The highest BCUT2D eigenvalue weighted by Gasteiger charge is 2.47. The zero-order valence-corrected chi connectivity index (χ0v) is 12.2. The van der Waals surface area contributed by atoms with E-state index in [1.54, 1.807) is 6.92 Å². The Balaban J connectivity index is 2.70. The van der Waals surface area contributed by atoms with E-state index in [1.165, 1.54) is 4.90 Å². The van der Waals surface area contributed by atoms with Crippen molar-refractivity contribution in [2.24, 2.45) is 11.1 Å². The number of carbonyl (C=O) groups excluding carboxylic acids is 2. The molecule has 0 radical (unpaired) electrons. The maximum Gasteiger partial charge on any atom is 0.410 e. The van der Waals surface area contributed by atoms with Gasteiger partial charge >= 0.3 is 12.1 Å². The summed E-state index contributed by atoms with van der Waals surface area (Å²) < 4.78 is 10.3. The first-order valence-electron chi connectivity index (χ1n) is 6.59. The van der Waals surface area contributed by atoms with Crippen molar-refractivity contribution in [2.75, 3.05) is 26.2 Å². The molecule has 1 saturated heterocycles. The van der Waals surface area contributed by atoms with Crippen LogP contribution >= 0.6 is 0 Å². The average Bonchev–Trinajstić information content (AvgIpc) is 2.72. The van der Waals surface area contributed by atoms with Crippen LogP contribution in [-0.4, -0.2) is 48.8 Å². The maximum atomic E-state index is 12.0. The Bertz CT molecular complexity index is 351. The van der Waals surface area contributed by atoms with Crippen molar-refractivity contribution in [2.45, 2.75) is 39.7 Å². The molecule has 0 aliphatic carbocycles. The number of ether oxygens (including phenoxy) is 2. The van der Waals surface area contributed by atoms with Gasteiger partial charge in [0, 0.05) is 19.6 Å². The van der Waals surface area contributed by atoms with Gasteiger partial charge < -0.3 is 20.1 Å². The molecule has 1 amide bonds. The Morgan fingerprint density at radius 3 is 2.47 bits per heavy atom. The number of nitrogens with zero attached hydrogens (tertiary/aromatic N) is 1. The summed E-state index contributed by atoms with van der Waals surface area (Å²) >= 11 is 0. The molecule has 0 aromatic heterocycles. The molecule has 1 unspecified atom stereocenters. The van der Waals surface area contributed by atoms with Crippen LogP contribution in [0.15, 0.2) is 0 Å². The molecular formula is C13H24N2O4. The largest absolute Gasteiger partial charge is 0.465 e. The van der Waals surface area contributed by atoms with Gasteiger partial charge in [-0.15, -0.1) is 0 Å². The number of hydrogen-bond donors (Lipinski definition) is 1. The fourth-order valence-corrected chi connectivity index (χ4v) is 2.06. The number of hydrogen-bond acceptors (Lipinski definition) is 5. The van der Waals surface area contributed by atoms with Gasteiger partial charge in [0.1, 0.15) is 5.60 Å². The lowest BCUT2D eigenvalue weighted by Crippen LogP contribution is -2.44. The quantitative estimate of drug-likeness (QED) is 0.779. The van der Waals surface area contributed by atoms with Crippen molar-refractivity contribution in [3.05, 3.63) is 0 Å². The van der Waals surface area contributed by atoms with Crippen LogP contribution in [0.4, 0.5) is 4.79 Å². The fourth-order valence-electron chi connectivity index (χ4n) is 2.06. The third-order valence-corrected chi connectivity index (χ3v) is 3.10. The van der Waals surface area contributed by atoms with E-state index in [1.807, 2.05) is 20.8 Å².